The van der Waals surface area contributed by atoms with Crippen molar-refractivity contribution in [2.75, 3.05) is 13.2 Å². The Kier molecular flexibility index (Phi) is 5.39. The summed E-state index contributed by atoms with van der Waals surface area (Å²) in [4.78, 5) is 14.7. The minimum atomic E-state index is -0.312. The maximum atomic E-state index is 12.7. The van der Waals surface area contributed by atoms with Crippen molar-refractivity contribution in [3.05, 3.63) is 71.8 Å². The molecular formula is C21H26N2O2. The number of hydrogen-bond acceptors (Lipinski definition) is 2. The van der Waals surface area contributed by atoms with Crippen LogP contribution in [0, 0.1) is 0 Å². The highest BCUT2D eigenvalue weighted by molar-refractivity contribution is 5.75. The zero-order valence-corrected chi connectivity index (χ0v) is 14.9. The number of rotatable bonds is 4. The Balaban J connectivity index is 1.61. The Morgan fingerprint density at radius 1 is 1.08 bits per heavy atom. The van der Waals surface area contributed by atoms with Crippen molar-refractivity contribution in [3.63, 3.8) is 0 Å². The topological polar surface area (TPSA) is 41.6 Å². The van der Waals surface area contributed by atoms with Crippen LogP contribution in [-0.2, 0) is 17.7 Å². The van der Waals surface area contributed by atoms with Gasteiger partial charge in [-0.15, -0.1) is 0 Å². The molecule has 132 valence electrons. The van der Waals surface area contributed by atoms with Crippen LogP contribution in [-0.4, -0.2) is 35.7 Å². The summed E-state index contributed by atoms with van der Waals surface area (Å²) in [5.41, 5.74) is 2.02. The molecule has 2 amide bonds. The van der Waals surface area contributed by atoms with Gasteiger partial charge in [-0.05, 0) is 25.0 Å². The van der Waals surface area contributed by atoms with Gasteiger partial charge in [-0.25, -0.2) is 4.79 Å². The van der Waals surface area contributed by atoms with Crippen molar-refractivity contribution in [2.24, 2.45) is 0 Å². The average molecular weight is 338 g/mol. The zero-order valence-electron chi connectivity index (χ0n) is 14.9. The quantitative estimate of drug-likeness (QED) is 0.925. The monoisotopic (exact) mass is 338 g/mol. The first kappa shape index (κ1) is 17.5. The highest BCUT2D eigenvalue weighted by Crippen LogP contribution is 2.24. The van der Waals surface area contributed by atoms with Gasteiger partial charge in [0.25, 0.3) is 0 Å². The van der Waals surface area contributed by atoms with Crippen LogP contribution in [0.3, 0.4) is 0 Å². The third-order valence-electron chi connectivity index (χ3n) is 4.63. The van der Waals surface area contributed by atoms with E-state index in [9.17, 15) is 4.79 Å². The van der Waals surface area contributed by atoms with Crippen molar-refractivity contribution in [3.8, 4) is 0 Å². The first-order valence-electron chi connectivity index (χ1n) is 8.79. The van der Waals surface area contributed by atoms with Gasteiger partial charge in [0.1, 0.15) is 0 Å². The summed E-state index contributed by atoms with van der Waals surface area (Å²) in [6.07, 6.45) is 0.845. The Morgan fingerprint density at radius 3 is 2.32 bits per heavy atom. The fraction of sp³-hybridized carbons (Fsp3) is 0.381. The number of ether oxygens (including phenoxy) is 1. The van der Waals surface area contributed by atoms with Crippen molar-refractivity contribution in [2.45, 2.75) is 38.5 Å². The first-order valence-corrected chi connectivity index (χ1v) is 8.79. The van der Waals surface area contributed by atoms with Crippen LogP contribution in [0.1, 0.15) is 25.0 Å². The lowest BCUT2D eigenvalue weighted by molar-refractivity contribution is -0.0778. The van der Waals surface area contributed by atoms with Gasteiger partial charge in [0.15, 0.2) is 0 Å². The van der Waals surface area contributed by atoms with Crippen LogP contribution in [0.25, 0.3) is 0 Å². The van der Waals surface area contributed by atoms with E-state index in [4.69, 9.17) is 4.74 Å². The van der Waals surface area contributed by atoms with Gasteiger partial charge in [-0.3, -0.25) is 0 Å². The maximum Gasteiger partial charge on any atom is 0.318 e. The third-order valence-corrected chi connectivity index (χ3v) is 4.63. The third kappa shape index (κ3) is 4.60. The average Bonchev–Trinajstić information content (AvgIpc) is 2.63. The molecule has 25 heavy (non-hydrogen) atoms. The number of hydrogen-bond donors (Lipinski definition) is 1. The summed E-state index contributed by atoms with van der Waals surface area (Å²) in [5, 5.41) is 3.04. The molecule has 0 saturated carbocycles. The molecule has 0 radical (unpaired) electrons. The molecule has 0 bridgehead atoms. The Bertz CT molecular complexity index is 686. The Labute approximate surface area is 149 Å². The van der Waals surface area contributed by atoms with Gasteiger partial charge in [0.05, 0.1) is 18.2 Å². The van der Waals surface area contributed by atoms with E-state index in [1.807, 2.05) is 67.3 Å². The first-order chi connectivity index (χ1) is 12.0. The molecule has 1 unspecified atom stereocenters. The summed E-state index contributed by atoms with van der Waals surface area (Å²) in [6, 6.07) is 20.2. The van der Waals surface area contributed by atoms with E-state index in [-0.39, 0.29) is 17.7 Å². The van der Waals surface area contributed by atoms with E-state index < -0.39 is 0 Å². The molecule has 4 heteroatoms. The molecule has 2 aromatic carbocycles. The van der Waals surface area contributed by atoms with Crippen LogP contribution >= 0.6 is 0 Å². The molecule has 1 N–H and O–H groups in total. The molecule has 4 nitrogen and oxygen atoms in total. The minimum Gasteiger partial charge on any atom is -0.374 e. The molecule has 0 aliphatic carbocycles. The molecule has 2 aromatic rings. The second kappa shape index (κ2) is 7.70. The standard InChI is InChI=1S/C21H26N2O2/c1-21(2)16-25-19(13-17-9-5-3-6-10-17)15-23(21)20(24)22-14-18-11-7-4-8-12-18/h3-12,19H,13-16H2,1-2H3,(H,22,24). The van der Waals surface area contributed by atoms with E-state index in [0.29, 0.717) is 19.7 Å². The number of carbonyl (C=O) groups is 1. The molecule has 3 rings (SSSR count). The van der Waals surface area contributed by atoms with Gasteiger partial charge in [0.2, 0.25) is 0 Å². The van der Waals surface area contributed by atoms with Gasteiger partial charge in [-0.1, -0.05) is 60.7 Å². The maximum absolute atomic E-state index is 12.7. The lowest BCUT2D eigenvalue weighted by Gasteiger charge is -2.45. The molecule has 1 fully saturated rings. The summed E-state index contributed by atoms with van der Waals surface area (Å²) < 4.78 is 6.02. The molecule has 1 heterocycles. The van der Waals surface area contributed by atoms with Crippen molar-refractivity contribution in [1.82, 2.24) is 10.2 Å². The Hall–Kier alpha value is -2.33. The lowest BCUT2D eigenvalue weighted by atomic mass is 9.98. The zero-order chi connectivity index (χ0) is 17.7. The predicted molar refractivity (Wildman–Crippen MR) is 99.3 cm³/mol. The molecule has 1 saturated heterocycles. The summed E-state index contributed by atoms with van der Waals surface area (Å²) in [7, 11) is 0. The number of morpholine rings is 1. The van der Waals surface area contributed by atoms with Gasteiger partial charge in [0, 0.05) is 19.5 Å². The molecule has 1 aliphatic rings. The smallest absolute Gasteiger partial charge is 0.318 e. The number of amides is 2. The van der Waals surface area contributed by atoms with E-state index in [1.165, 1.54) is 5.56 Å². The second-order valence-electron chi connectivity index (χ2n) is 7.19. The molecule has 1 aliphatic heterocycles. The SMILES string of the molecule is CC1(C)COC(Cc2ccccc2)CN1C(=O)NCc1ccccc1. The van der Waals surface area contributed by atoms with Gasteiger partial charge >= 0.3 is 6.03 Å². The molecule has 1 atom stereocenters. The summed E-state index contributed by atoms with van der Waals surface area (Å²) in [5.74, 6) is 0. The van der Waals surface area contributed by atoms with E-state index in [0.717, 1.165) is 12.0 Å². The Morgan fingerprint density at radius 2 is 1.68 bits per heavy atom. The molecule has 0 spiro atoms. The lowest BCUT2D eigenvalue weighted by Crippen LogP contribution is -2.61. The van der Waals surface area contributed by atoms with Crippen LogP contribution in [0.5, 0.6) is 0 Å². The van der Waals surface area contributed by atoms with E-state index in [2.05, 4.69) is 17.4 Å². The van der Waals surface area contributed by atoms with E-state index >= 15 is 0 Å². The fourth-order valence-electron chi connectivity index (χ4n) is 3.13. The highest BCUT2D eigenvalue weighted by Gasteiger charge is 2.38. The molecule has 0 aromatic heterocycles. The number of nitrogens with one attached hydrogen (secondary N) is 1. The van der Waals surface area contributed by atoms with Crippen molar-refractivity contribution in [1.29, 1.82) is 0 Å². The summed E-state index contributed by atoms with van der Waals surface area (Å²) >= 11 is 0. The number of benzene rings is 2. The predicted octanol–water partition coefficient (Wildman–Crippen LogP) is 3.62. The highest BCUT2D eigenvalue weighted by atomic mass is 16.5. The van der Waals surface area contributed by atoms with Crippen molar-refractivity contribution < 1.29 is 9.53 Å². The van der Waals surface area contributed by atoms with Crippen LogP contribution < -0.4 is 5.32 Å². The number of carbonyl (C=O) groups excluding carboxylic acids is 1. The van der Waals surface area contributed by atoms with Gasteiger partial charge < -0.3 is 15.0 Å². The fourth-order valence-corrected chi connectivity index (χ4v) is 3.13. The van der Waals surface area contributed by atoms with Crippen molar-refractivity contribution >= 4 is 6.03 Å². The number of nitrogens with zero attached hydrogens (tertiary/aromatic N) is 1. The largest absolute Gasteiger partial charge is 0.374 e. The number of urea groups is 1. The van der Waals surface area contributed by atoms with Gasteiger partial charge in [-0.2, -0.15) is 0 Å². The summed E-state index contributed by atoms with van der Waals surface area (Å²) in [6.45, 7) is 5.78. The minimum absolute atomic E-state index is 0.0258. The van der Waals surface area contributed by atoms with E-state index in [1.54, 1.807) is 0 Å². The molecular weight excluding hydrogens is 312 g/mol. The second-order valence-corrected chi connectivity index (χ2v) is 7.19. The van der Waals surface area contributed by atoms with Crippen LogP contribution in [0.2, 0.25) is 0 Å². The normalized spacial score (nSPS) is 19.4. The van der Waals surface area contributed by atoms with Crippen LogP contribution in [0.15, 0.2) is 60.7 Å². The van der Waals surface area contributed by atoms with Crippen LogP contribution in [0.4, 0.5) is 4.79 Å².